The molecule has 3 aromatic rings. The Balaban J connectivity index is 1.51. The van der Waals surface area contributed by atoms with Crippen molar-refractivity contribution in [2.45, 2.75) is 32.7 Å². The number of hydrogen-bond donors (Lipinski definition) is 4. The van der Waals surface area contributed by atoms with Crippen molar-refractivity contribution in [3.63, 3.8) is 0 Å². The van der Waals surface area contributed by atoms with Crippen molar-refractivity contribution >= 4 is 34.6 Å². The molecule has 0 radical (unpaired) electrons. The van der Waals surface area contributed by atoms with E-state index in [4.69, 9.17) is 22.2 Å². The van der Waals surface area contributed by atoms with Crippen molar-refractivity contribution in [3.8, 4) is 11.4 Å². The van der Waals surface area contributed by atoms with E-state index >= 15 is 0 Å². The van der Waals surface area contributed by atoms with Crippen LogP contribution in [-0.2, 0) is 4.79 Å². The molecule has 35 heavy (non-hydrogen) atoms. The zero-order valence-electron chi connectivity index (χ0n) is 19.9. The Bertz CT molecular complexity index is 1340. The molecular weight excluding hydrogens is 448 g/mol. The Labute approximate surface area is 202 Å². The van der Waals surface area contributed by atoms with Crippen LogP contribution in [0.15, 0.2) is 18.3 Å². The highest BCUT2D eigenvalue weighted by molar-refractivity contribution is 6.11. The Morgan fingerprint density at radius 2 is 1.80 bits per heavy atom. The molecule has 11 nitrogen and oxygen atoms in total. The van der Waals surface area contributed by atoms with Gasteiger partial charge in [0.1, 0.15) is 11.6 Å². The second-order valence-corrected chi connectivity index (χ2v) is 9.48. The summed E-state index contributed by atoms with van der Waals surface area (Å²) in [7, 11) is 0. The second kappa shape index (κ2) is 8.42. The molecule has 1 saturated carbocycles. The van der Waals surface area contributed by atoms with Gasteiger partial charge in [-0.05, 0) is 38.3 Å². The maximum Gasteiger partial charge on any atom is 0.253 e. The number of carbonyl (C=O) groups excluding carboxylic acids is 2. The van der Waals surface area contributed by atoms with Gasteiger partial charge < -0.3 is 32.1 Å². The van der Waals surface area contributed by atoms with Crippen molar-refractivity contribution in [2.75, 3.05) is 36.8 Å². The topological polar surface area (TPSA) is 170 Å². The minimum Gasteiger partial charge on any atom is -0.508 e. The minimum absolute atomic E-state index is 0.0383. The summed E-state index contributed by atoms with van der Waals surface area (Å²) in [6.07, 6.45) is 3.08. The van der Waals surface area contributed by atoms with Crippen LogP contribution in [0.3, 0.4) is 0 Å². The van der Waals surface area contributed by atoms with Gasteiger partial charge >= 0.3 is 0 Å². The summed E-state index contributed by atoms with van der Waals surface area (Å²) in [5.41, 5.74) is 20.6. The van der Waals surface area contributed by atoms with Crippen LogP contribution < -0.4 is 22.1 Å². The molecule has 2 fully saturated rings. The van der Waals surface area contributed by atoms with Gasteiger partial charge in [-0.25, -0.2) is 4.98 Å². The van der Waals surface area contributed by atoms with Crippen molar-refractivity contribution in [1.29, 1.82) is 0 Å². The molecule has 7 N–H and O–H groups in total. The van der Waals surface area contributed by atoms with Gasteiger partial charge in [0.25, 0.3) is 5.91 Å². The number of aromatic nitrogens is 3. The zero-order chi connectivity index (χ0) is 25.0. The van der Waals surface area contributed by atoms with Crippen molar-refractivity contribution in [1.82, 2.24) is 19.4 Å². The van der Waals surface area contributed by atoms with Gasteiger partial charge in [0, 0.05) is 49.9 Å². The van der Waals surface area contributed by atoms with E-state index in [0.717, 1.165) is 18.4 Å². The number of piperazine rings is 1. The maximum absolute atomic E-state index is 12.7. The summed E-state index contributed by atoms with van der Waals surface area (Å²) in [5.74, 6) is 0.253. The Kier molecular flexibility index (Phi) is 5.51. The first kappa shape index (κ1) is 22.9. The molecule has 0 bridgehead atoms. The van der Waals surface area contributed by atoms with Gasteiger partial charge in [-0.2, -0.15) is 4.98 Å². The van der Waals surface area contributed by atoms with Crippen LogP contribution in [0.25, 0.3) is 16.7 Å². The summed E-state index contributed by atoms with van der Waals surface area (Å²) < 4.78 is 1.66. The van der Waals surface area contributed by atoms with E-state index in [2.05, 4.69) is 4.98 Å². The molecular formula is C24H30N8O3. The first-order valence-electron chi connectivity index (χ1n) is 11.7. The largest absolute Gasteiger partial charge is 0.508 e. The first-order chi connectivity index (χ1) is 16.7. The molecule has 0 unspecified atom stereocenters. The van der Waals surface area contributed by atoms with Crippen molar-refractivity contribution in [3.05, 3.63) is 35.0 Å². The van der Waals surface area contributed by atoms with Crippen molar-refractivity contribution in [2.24, 2.45) is 17.4 Å². The number of nitrogens with zero attached hydrogens (tertiary/aromatic N) is 5. The average Bonchev–Trinajstić information content (AvgIpc) is 3.10. The lowest BCUT2D eigenvalue weighted by Gasteiger charge is -2.39. The number of nitrogens with two attached hydrogens (primary N) is 3. The van der Waals surface area contributed by atoms with Gasteiger partial charge in [-0.3, -0.25) is 14.2 Å². The molecule has 0 spiro atoms. The molecule has 2 amide bonds. The standard InChI is InChI=1S/C24H30N8O3/c1-12-3-4-17(33)13(2)19(12)32-20(26)18(21(27)34)16-11-28-24(29-22(16)32)31-7-5-30(6-8-31)23(35)14-9-15(25)10-14/h3-4,11,14-15,33H,5-10,25-26H2,1-2H3,(H2,27,34). The van der Waals surface area contributed by atoms with E-state index in [1.165, 1.54) is 0 Å². The number of phenolic OH excluding ortho intramolecular Hbond substituents is 1. The summed E-state index contributed by atoms with van der Waals surface area (Å²) in [6, 6.07) is 3.53. The Morgan fingerprint density at radius 1 is 1.11 bits per heavy atom. The van der Waals surface area contributed by atoms with E-state index < -0.39 is 5.91 Å². The normalized spacial score (nSPS) is 20.2. The second-order valence-electron chi connectivity index (χ2n) is 9.48. The lowest BCUT2D eigenvalue weighted by Crippen LogP contribution is -2.53. The van der Waals surface area contributed by atoms with E-state index in [0.29, 0.717) is 54.4 Å². The number of aromatic hydroxyl groups is 1. The Hall–Kier alpha value is -3.86. The summed E-state index contributed by atoms with van der Waals surface area (Å²) in [6.45, 7) is 5.99. The van der Waals surface area contributed by atoms with E-state index in [9.17, 15) is 14.7 Å². The third kappa shape index (κ3) is 3.72. The fourth-order valence-electron chi connectivity index (χ4n) is 5.13. The number of hydrogen-bond acceptors (Lipinski definition) is 8. The third-order valence-electron chi connectivity index (χ3n) is 7.21. The lowest BCUT2D eigenvalue weighted by atomic mass is 9.80. The molecule has 1 saturated heterocycles. The smallest absolute Gasteiger partial charge is 0.253 e. The van der Waals surface area contributed by atoms with Gasteiger partial charge in [0.15, 0.2) is 5.65 Å². The molecule has 1 aromatic carbocycles. The maximum atomic E-state index is 12.7. The number of fused-ring (bicyclic) bond motifs is 1. The van der Waals surface area contributed by atoms with E-state index in [1.807, 2.05) is 16.7 Å². The fourth-order valence-corrected chi connectivity index (χ4v) is 5.13. The van der Waals surface area contributed by atoms with E-state index in [-0.39, 0.29) is 35.0 Å². The van der Waals surface area contributed by atoms with Gasteiger partial charge in [-0.1, -0.05) is 6.07 Å². The number of primary amides is 1. The van der Waals surface area contributed by atoms with Crippen molar-refractivity contribution < 1.29 is 14.7 Å². The van der Waals surface area contributed by atoms with Crippen LogP contribution in [0.1, 0.15) is 34.3 Å². The molecule has 2 aliphatic rings. The third-order valence-corrected chi connectivity index (χ3v) is 7.21. The number of nitrogen functional groups attached to an aromatic ring is 1. The molecule has 2 aromatic heterocycles. The number of anilines is 2. The number of carbonyl (C=O) groups is 2. The van der Waals surface area contributed by atoms with Gasteiger partial charge in [0.2, 0.25) is 11.9 Å². The van der Waals surface area contributed by atoms with Crippen LogP contribution in [0.2, 0.25) is 0 Å². The number of benzene rings is 1. The molecule has 1 aliphatic heterocycles. The summed E-state index contributed by atoms with van der Waals surface area (Å²) in [4.78, 5) is 38.1. The lowest BCUT2D eigenvalue weighted by molar-refractivity contribution is -0.139. The number of phenols is 1. The number of aryl methyl sites for hydroxylation is 1. The van der Waals surface area contributed by atoms with E-state index in [1.54, 1.807) is 29.8 Å². The molecule has 3 heterocycles. The summed E-state index contributed by atoms with van der Waals surface area (Å²) >= 11 is 0. The predicted molar refractivity (Wildman–Crippen MR) is 132 cm³/mol. The highest BCUT2D eigenvalue weighted by atomic mass is 16.3. The van der Waals surface area contributed by atoms with Crippen LogP contribution in [0, 0.1) is 19.8 Å². The fraction of sp³-hybridized carbons (Fsp3) is 0.417. The quantitative estimate of drug-likeness (QED) is 0.427. The highest BCUT2D eigenvalue weighted by Crippen LogP contribution is 2.36. The zero-order valence-corrected chi connectivity index (χ0v) is 19.9. The molecule has 0 atom stereocenters. The van der Waals surface area contributed by atoms with Crippen LogP contribution in [0.4, 0.5) is 11.8 Å². The van der Waals surface area contributed by atoms with Crippen LogP contribution in [0.5, 0.6) is 5.75 Å². The monoisotopic (exact) mass is 478 g/mol. The predicted octanol–water partition coefficient (Wildman–Crippen LogP) is 0.810. The molecule has 1 aliphatic carbocycles. The Morgan fingerprint density at radius 3 is 2.43 bits per heavy atom. The minimum atomic E-state index is -0.680. The first-order valence-corrected chi connectivity index (χ1v) is 11.7. The number of rotatable bonds is 4. The molecule has 184 valence electrons. The van der Waals surface area contributed by atoms with Gasteiger partial charge in [-0.15, -0.1) is 0 Å². The molecule has 11 heteroatoms. The van der Waals surface area contributed by atoms with Crippen LogP contribution >= 0.6 is 0 Å². The SMILES string of the molecule is Cc1ccc(O)c(C)c1-n1c(N)c(C(N)=O)c2cnc(N3CCN(C(=O)C4CC(N)C4)CC3)nc21. The highest BCUT2D eigenvalue weighted by Gasteiger charge is 2.36. The van der Waals surface area contributed by atoms with Crippen LogP contribution in [-0.4, -0.2) is 68.6 Å². The molecule has 5 rings (SSSR count). The van der Waals surface area contributed by atoms with Gasteiger partial charge in [0.05, 0.1) is 16.6 Å². The summed E-state index contributed by atoms with van der Waals surface area (Å²) in [5, 5.41) is 10.8. The average molecular weight is 479 g/mol. The number of amides is 2.